The zero-order chi connectivity index (χ0) is 46.3. The average molecular weight is 892 g/mol. The Kier molecular flexibility index (Phi) is 8.81. The van der Waals surface area contributed by atoms with Crippen LogP contribution in [-0.4, -0.2) is 0 Å². The van der Waals surface area contributed by atoms with Crippen LogP contribution in [0, 0.1) is 6.92 Å². The highest BCUT2D eigenvalue weighted by molar-refractivity contribution is 7.26. The average Bonchev–Trinajstić information content (AvgIpc) is 3.99. The summed E-state index contributed by atoms with van der Waals surface area (Å²) in [6, 6.07) is 74.2. The fourth-order valence-corrected chi connectivity index (χ4v) is 13.2. The maximum absolute atomic E-state index is 2.56. The van der Waals surface area contributed by atoms with Crippen molar-refractivity contribution in [1.29, 1.82) is 0 Å². The molecular weight excluding hydrogens is 839 g/mol. The fourth-order valence-electron chi connectivity index (χ4n) is 11.9. The Bertz CT molecular complexity index is 3820. The van der Waals surface area contributed by atoms with Crippen LogP contribution in [0.25, 0.3) is 75.1 Å². The topological polar surface area (TPSA) is 3.24 Å². The Balaban J connectivity index is 1.10. The van der Waals surface area contributed by atoms with Crippen LogP contribution in [0.3, 0.4) is 0 Å². The minimum Gasteiger partial charge on any atom is -0.309 e. The fraction of sp³-hybridized carbons (Fsp3) is 0.152. The van der Waals surface area contributed by atoms with Gasteiger partial charge in [0.15, 0.2) is 0 Å². The van der Waals surface area contributed by atoms with Gasteiger partial charge >= 0.3 is 0 Å². The van der Waals surface area contributed by atoms with E-state index < -0.39 is 5.41 Å². The Morgan fingerprint density at radius 3 is 1.63 bits per heavy atom. The van der Waals surface area contributed by atoms with Crippen molar-refractivity contribution >= 4 is 70.1 Å². The number of aryl methyl sites for hydroxylation is 1. The number of fused-ring (bicyclic) bond motifs is 16. The summed E-state index contributed by atoms with van der Waals surface area (Å²) in [5, 5.41) is 7.76. The molecule has 2 aliphatic rings. The molecule has 328 valence electrons. The van der Waals surface area contributed by atoms with Gasteiger partial charge in [-0.05, 0) is 148 Å². The maximum Gasteiger partial charge on any atom is 0.0726 e. The highest BCUT2D eigenvalue weighted by Crippen LogP contribution is 2.64. The molecule has 2 heteroatoms. The SMILES string of the molecule is Cc1cc2ccccc2c2c1sc1c(N(c3ccc(-c4cccc5ccccc45)cc3)c3ccc4c(c3)C3(c5ccccc5-4)c4cc(C(C)(C)C)ccc4-c4ccc(C(C)(C)C)cc43)cccc12. The molecule has 1 spiro atoms. The summed E-state index contributed by atoms with van der Waals surface area (Å²) in [5.74, 6) is 0. The van der Waals surface area contributed by atoms with Crippen molar-refractivity contribution in [2.45, 2.75) is 64.7 Å². The van der Waals surface area contributed by atoms with E-state index in [2.05, 4.69) is 247 Å². The third kappa shape index (κ3) is 5.86. The van der Waals surface area contributed by atoms with Gasteiger partial charge in [0, 0.05) is 26.8 Å². The van der Waals surface area contributed by atoms with E-state index in [1.165, 1.54) is 120 Å². The lowest BCUT2D eigenvalue weighted by Gasteiger charge is -2.34. The van der Waals surface area contributed by atoms with Gasteiger partial charge in [-0.25, -0.2) is 0 Å². The summed E-state index contributed by atoms with van der Waals surface area (Å²) in [7, 11) is 0. The van der Waals surface area contributed by atoms with Crippen LogP contribution in [0.2, 0.25) is 0 Å². The number of rotatable bonds is 4. The monoisotopic (exact) mass is 891 g/mol. The highest BCUT2D eigenvalue weighted by atomic mass is 32.1. The van der Waals surface area contributed by atoms with Crippen molar-refractivity contribution in [3.63, 3.8) is 0 Å². The summed E-state index contributed by atoms with van der Waals surface area (Å²) < 4.78 is 2.64. The normalized spacial score (nSPS) is 13.6. The summed E-state index contributed by atoms with van der Waals surface area (Å²) in [6.45, 7) is 16.3. The van der Waals surface area contributed by atoms with Crippen molar-refractivity contribution in [1.82, 2.24) is 0 Å². The Hall–Kier alpha value is -7.26. The third-order valence-electron chi connectivity index (χ3n) is 15.3. The lowest BCUT2D eigenvalue weighted by molar-refractivity contribution is 0.586. The van der Waals surface area contributed by atoms with Crippen LogP contribution in [-0.2, 0) is 16.2 Å². The molecule has 1 heterocycles. The lowest BCUT2D eigenvalue weighted by atomic mass is 9.68. The van der Waals surface area contributed by atoms with E-state index in [1.54, 1.807) is 0 Å². The Morgan fingerprint density at radius 2 is 0.926 bits per heavy atom. The molecule has 10 aromatic carbocycles. The predicted octanol–water partition coefficient (Wildman–Crippen LogP) is 18.7. The van der Waals surface area contributed by atoms with Crippen LogP contribution >= 0.6 is 11.3 Å². The number of benzene rings is 10. The summed E-state index contributed by atoms with van der Waals surface area (Å²) >= 11 is 1.93. The molecule has 11 aromatic rings. The van der Waals surface area contributed by atoms with Crippen LogP contribution in [0.1, 0.15) is 80.5 Å². The van der Waals surface area contributed by atoms with E-state index in [4.69, 9.17) is 0 Å². The quantitative estimate of drug-likeness (QED) is 0.170. The van der Waals surface area contributed by atoms with E-state index in [1.807, 2.05) is 11.3 Å². The minimum atomic E-state index is -0.515. The van der Waals surface area contributed by atoms with Crippen molar-refractivity contribution < 1.29 is 0 Å². The molecule has 68 heavy (non-hydrogen) atoms. The smallest absolute Gasteiger partial charge is 0.0726 e. The third-order valence-corrected chi connectivity index (χ3v) is 16.6. The van der Waals surface area contributed by atoms with Crippen molar-refractivity contribution in [3.05, 3.63) is 233 Å². The highest BCUT2D eigenvalue weighted by Gasteiger charge is 2.52. The molecule has 0 saturated carbocycles. The summed E-state index contributed by atoms with van der Waals surface area (Å²) in [6.07, 6.45) is 0. The Morgan fingerprint density at radius 1 is 0.397 bits per heavy atom. The van der Waals surface area contributed by atoms with Crippen LogP contribution in [0.4, 0.5) is 17.1 Å². The molecule has 2 aliphatic carbocycles. The second-order valence-electron chi connectivity index (χ2n) is 21.3. The maximum atomic E-state index is 2.56. The van der Waals surface area contributed by atoms with E-state index in [9.17, 15) is 0 Å². The zero-order valence-electron chi connectivity index (χ0n) is 39.8. The zero-order valence-corrected chi connectivity index (χ0v) is 40.6. The first-order chi connectivity index (χ1) is 32.9. The predicted molar refractivity (Wildman–Crippen MR) is 293 cm³/mol. The van der Waals surface area contributed by atoms with E-state index >= 15 is 0 Å². The van der Waals surface area contributed by atoms with Gasteiger partial charge in [-0.3, -0.25) is 0 Å². The van der Waals surface area contributed by atoms with Crippen LogP contribution < -0.4 is 4.90 Å². The summed E-state index contributed by atoms with van der Waals surface area (Å²) in [4.78, 5) is 2.55. The van der Waals surface area contributed by atoms with Gasteiger partial charge in [0.25, 0.3) is 0 Å². The first-order valence-corrected chi connectivity index (χ1v) is 25.0. The van der Waals surface area contributed by atoms with Gasteiger partial charge < -0.3 is 4.90 Å². The van der Waals surface area contributed by atoms with Crippen molar-refractivity contribution in [2.75, 3.05) is 4.90 Å². The van der Waals surface area contributed by atoms with Gasteiger partial charge in [-0.1, -0.05) is 199 Å². The molecule has 1 nitrogen and oxygen atoms in total. The van der Waals surface area contributed by atoms with Crippen LogP contribution in [0.5, 0.6) is 0 Å². The van der Waals surface area contributed by atoms with Gasteiger partial charge in [-0.15, -0.1) is 11.3 Å². The number of anilines is 3. The van der Waals surface area contributed by atoms with Gasteiger partial charge in [-0.2, -0.15) is 0 Å². The second-order valence-corrected chi connectivity index (χ2v) is 22.4. The molecule has 0 atom stereocenters. The van der Waals surface area contributed by atoms with E-state index in [0.29, 0.717) is 0 Å². The molecule has 0 bridgehead atoms. The lowest BCUT2D eigenvalue weighted by Crippen LogP contribution is -2.27. The van der Waals surface area contributed by atoms with Crippen LogP contribution in [0.15, 0.2) is 194 Å². The van der Waals surface area contributed by atoms with Crippen molar-refractivity contribution in [3.8, 4) is 33.4 Å². The molecule has 0 fully saturated rings. The number of hydrogen-bond donors (Lipinski definition) is 0. The van der Waals surface area contributed by atoms with Gasteiger partial charge in [0.2, 0.25) is 0 Å². The van der Waals surface area contributed by atoms with E-state index in [0.717, 1.165) is 11.4 Å². The minimum absolute atomic E-state index is 0.0218. The molecule has 0 aliphatic heterocycles. The number of thiophene rings is 1. The van der Waals surface area contributed by atoms with E-state index in [-0.39, 0.29) is 10.8 Å². The molecule has 13 rings (SSSR count). The van der Waals surface area contributed by atoms with Gasteiger partial charge in [0.1, 0.15) is 0 Å². The molecule has 1 aromatic heterocycles. The molecule has 0 N–H and O–H groups in total. The molecule has 0 unspecified atom stereocenters. The molecule has 0 saturated heterocycles. The summed E-state index contributed by atoms with van der Waals surface area (Å²) in [5.41, 5.74) is 20.1. The molecule has 0 radical (unpaired) electrons. The Labute approximate surface area is 404 Å². The number of hydrogen-bond acceptors (Lipinski definition) is 2. The number of nitrogens with zero attached hydrogens (tertiary/aromatic N) is 1. The molecular formula is C66H53NS. The second kappa shape index (κ2) is 14.6. The standard InChI is InChI=1S/C66H53NS/c1-40-36-43-17-9-11-20-50(43)61-55-23-15-25-60(63(55)68-62(40)61)67(46-30-26-42(27-31-46)49-22-14-18-41-16-8-10-19-48(41)49)47-32-35-54-51-21-12-13-24-56(51)66(59(54)39-47)57-37-44(64(2,3)4)28-33-52(57)53-34-29-45(38-58(53)66)65(5,6)7/h8-39H,1-7H3. The first kappa shape index (κ1) is 41.0. The van der Waals surface area contributed by atoms with Crippen molar-refractivity contribution in [2.24, 2.45) is 0 Å². The molecule has 0 amide bonds. The largest absolute Gasteiger partial charge is 0.309 e. The first-order valence-electron chi connectivity index (χ1n) is 24.2. The van der Waals surface area contributed by atoms with Gasteiger partial charge in [0.05, 0.1) is 15.8 Å².